The molecule has 6 aromatic heterocycles. The van der Waals surface area contributed by atoms with Crippen molar-refractivity contribution in [2.75, 3.05) is 0 Å². The highest BCUT2D eigenvalue weighted by Gasteiger charge is 2.31. The third-order valence-electron chi connectivity index (χ3n) is 14.0. The Labute approximate surface area is 453 Å². The molecular formula is C59H61BrClF3N12. The standard InChI is InChI=1S/2C19H17FN4.C10H8BrFN2.C9H10N2.2CH4.ClH/c1-2-12-3-8-17-16(9-12)21-11-23(17)19-22-15-7-4-13(20)10-18(15)24(19)14-5-6-14;1-2-12-3-7-15-17(9-12)23(11-21-15)19-22-16-8-4-13(20)10-18(16)24(19)14-5-6-14;11-10-13-8-4-1-6(12)5-9(8)14(10)7-2-3-7;1-2-7-3-4-8-9(5-7)11-6-10-8;;;/h2*3-4,7-11,14H,2,5-6H2,1H3;1,4-5,7H,2-3H2;3-6H,2H2,1H3,(H,10,11);2*1H4;1H. The Kier molecular flexibility index (Phi) is 15.6. The minimum atomic E-state index is -0.223. The highest BCUT2D eigenvalue weighted by molar-refractivity contribution is 9.10. The molecule has 3 aliphatic carbocycles. The van der Waals surface area contributed by atoms with Crippen LogP contribution in [-0.4, -0.2) is 57.7 Å². The van der Waals surface area contributed by atoms with Gasteiger partial charge in [-0.05, 0) is 181 Å². The zero-order chi connectivity index (χ0) is 49.9. The van der Waals surface area contributed by atoms with Crippen molar-refractivity contribution in [1.29, 1.82) is 0 Å². The Morgan fingerprint density at radius 2 is 0.895 bits per heavy atom. The van der Waals surface area contributed by atoms with Gasteiger partial charge in [-0.2, -0.15) is 0 Å². The van der Waals surface area contributed by atoms with E-state index in [-0.39, 0.29) is 44.7 Å². The average molecular weight is 1110 g/mol. The first-order valence-electron chi connectivity index (χ1n) is 25.2. The van der Waals surface area contributed by atoms with Crippen LogP contribution in [0.5, 0.6) is 0 Å². The second kappa shape index (κ2) is 22.1. The first kappa shape index (κ1) is 53.5. The maximum Gasteiger partial charge on any atom is 0.216 e. The van der Waals surface area contributed by atoms with Crippen LogP contribution in [0.2, 0.25) is 0 Å². The lowest BCUT2D eigenvalue weighted by Gasteiger charge is -2.09. The molecule has 17 heteroatoms. The molecule has 3 saturated carbocycles. The minimum absolute atomic E-state index is 0. The van der Waals surface area contributed by atoms with E-state index in [1.54, 1.807) is 42.7 Å². The van der Waals surface area contributed by atoms with Crippen molar-refractivity contribution in [3.8, 4) is 11.9 Å². The molecule has 0 aliphatic heterocycles. The lowest BCUT2D eigenvalue weighted by molar-refractivity contribution is 0.627. The third kappa shape index (κ3) is 10.5. The lowest BCUT2D eigenvalue weighted by Crippen LogP contribution is -2.05. The predicted molar refractivity (Wildman–Crippen MR) is 306 cm³/mol. The van der Waals surface area contributed by atoms with Crippen molar-refractivity contribution in [3.05, 3.63) is 167 Å². The van der Waals surface area contributed by atoms with Crippen molar-refractivity contribution in [2.24, 2.45) is 0 Å². The van der Waals surface area contributed by atoms with Crippen LogP contribution < -0.4 is 0 Å². The fourth-order valence-corrected chi connectivity index (χ4v) is 10.3. The number of imidazole rings is 6. The molecule has 0 saturated heterocycles. The summed E-state index contributed by atoms with van der Waals surface area (Å²) < 4.78 is 51.8. The second-order valence-corrected chi connectivity index (χ2v) is 19.8. The zero-order valence-electron chi connectivity index (χ0n) is 41.1. The number of aryl methyl sites for hydroxylation is 3. The number of fused-ring (bicyclic) bond motifs is 6. The number of aromatic amines is 1. The maximum absolute atomic E-state index is 13.7. The van der Waals surface area contributed by atoms with Crippen LogP contribution in [0.3, 0.4) is 0 Å². The lowest BCUT2D eigenvalue weighted by atomic mass is 10.1. The molecule has 1 N–H and O–H groups in total. The Bertz CT molecular complexity index is 4000. The topological polar surface area (TPSA) is 118 Å². The highest BCUT2D eigenvalue weighted by Crippen LogP contribution is 2.42. The van der Waals surface area contributed by atoms with Gasteiger partial charge >= 0.3 is 0 Å². The van der Waals surface area contributed by atoms with Crippen LogP contribution in [0.15, 0.2) is 133 Å². The summed E-state index contributed by atoms with van der Waals surface area (Å²) >= 11 is 3.40. The number of hydrogen-bond donors (Lipinski definition) is 1. The number of H-pyrrole nitrogens is 1. The molecule has 3 fully saturated rings. The van der Waals surface area contributed by atoms with E-state index in [2.05, 4.69) is 124 Å². The minimum Gasteiger partial charge on any atom is -0.345 e. The fourth-order valence-electron chi connectivity index (χ4n) is 9.62. The van der Waals surface area contributed by atoms with E-state index < -0.39 is 0 Å². The van der Waals surface area contributed by atoms with Gasteiger partial charge in [0.1, 0.15) is 30.1 Å². The molecule has 15 rings (SSSR count). The molecule has 0 unspecified atom stereocenters. The van der Waals surface area contributed by atoms with Gasteiger partial charge in [0.15, 0.2) is 4.73 Å². The molecule has 76 heavy (non-hydrogen) atoms. The van der Waals surface area contributed by atoms with Gasteiger partial charge < -0.3 is 18.7 Å². The molecule has 0 spiro atoms. The molecule has 0 bridgehead atoms. The molecule has 6 aromatic carbocycles. The van der Waals surface area contributed by atoms with Crippen molar-refractivity contribution >= 4 is 94.5 Å². The number of rotatable bonds is 8. The van der Waals surface area contributed by atoms with Crippen LogP contribution in [0.1, 0.15) is 109 Å². The average Bonchev–Trinajstić information content (AvgIpc) is 4.37. The normalized spacial score (nSPS) is 13.9. The van der Waals surface area contributed by atoms with Gasteiger partial charge in [-0.25, -0.2) is 43.1 Å². The SMILES string of the molecule is C.C.CCc1ccc2c(c1)ncn2-c1nc2ccc(F)cc2n1C1CC1.CCc1ccc2nc[nH]c2c1.CCc1ccc2ncn(-c3nc4ccc(F)cc4n3C3CC3)c2c1.Cl.Fc1ccc2nc(Br)n(C3CC3)c2c1. The summed E-state index contributed by atoms with van der Waals surface area (Å²) in [6, 6.07) is 34.6. The Morgan fingerprint density at radius 1 is 0.461 bits per heavy atom. The predicted octanol–water partition coefficient (Wildman–Crippen LogP) is 15.9. The zero-order valence-corrected chi connectivity index (χ0v) is 43.5. The number of halogens is 5. The third-order valence-corrected chi connectivity index (χ3v) is 14.5. The van der Waals surface area contributed by atoms with E-state index >= 15 is 0 Å². The van der Waals surface area contributed by atoms with E-state index in [0.717, 1.165) is 128 Å². The van der Waals surface area contributed by atoms with E-state index in [0.29, 0.717) is 18.1 Å². The number of nitrogens with zero attached hydrogens (tertiary/aromatic N) is 11. The van der Waals surface area contributed by atoms with Crippen LogP contribution >= 0.6 is 28.3 Å². The second-order valence-electron chi connectivity index (χ2n) is 19.1. The van der Waals surface area contributed by atoms with Gasteiger partial charge in [-0.15, -0.1) is 12.4 Å². The van der Waals surface area contributed by atoms with E-state index in [4.69, 9.17) is 9.97 Å². The Hall–Kier alpha value is -7.30. The van der Waals surface area contributed by atoms with Crippen molar-refractivity contribution < 1.29 is 13.2 Å². The molecule has 12 nitrogen and oxygen atoms in total. The van der Waals surface area contributed by atoms with Gasteiger partial charge in [0.25, 0.3) is 0 Å². The van der Waals surface area contributed by atoms with Crippen molar-refractivity contribution in [3.63, 3.8) is 0 Å². The van der Waals surface area contributed by atoms with Crippen LogP contribution in [0, 0.1) is 17.5 Å². The van der Waals surface area contributed by atoms with Crippen LogP contribution in [0.4, 0.5) is 13.2 Å². The van der Waals surface area contributed by atoms with Gasteiger partial charge in [0.05, 0.1) is 72.5 Å². The highest BCUT2D eigenvalue weighted by atomic mass is 79.9. The van der Waals surface area contributed by atoms with Gasteiger partial charge in [-0.3, -0.25) is 9.13 Å². The summed E-state index contributed by atoms with van der Waals surface area (Å²) in [5.41, 5.74) is 15.2. The van der Waals surface area contributed by atoms with Crippen molar-refractivity contribution in [1.82, 2.24) is 57.7 Å². The first-order valence-corrected chi connectivity index (χ1v) is 26.0. The monoisotopic (exact) mass is 1110 g/mol. The summed E-state index contributed by atoms with van der Waals surface area (Å²) in [5, 5.41) is 0. The smallest absolute Gasteiger partial charge is 0.216 e. The van der Waals surface area contributed by atoms with E-state index in [1.807, 2.05) is 27.9 Å². The Balaban J connectivity index is 0.000000128. The molecule has 0 radical (unpaired) electrons. The maximum atomic E-state index is 13.7. The largest absolute Gasteiger partial charge is 0.345 e. The van der Waals surface area contributed by atoms with Gasteiger partial charge in [0, 0.05) is 18.1 Å². The summed E-state index contributed by atoms with van der Waals surface area (Å²) in [6.07, 6.45) is 15.2. The number of nitrogens with one attached hydrogen (secondary N) is 1. The molecule has 12 aromatic rings. The van der Waals surface area contributed by atoms with Crippen LogP contribution in [0.25, 0.3) is 78.1 Å². The quantitative estimate of drug-likeness (QED) is 0.162. The molecule has 392 valence electrons. The molecular weight excluding hydrogens is 1050 g/mol. The molecule has 0 amide bonds. The first-order chi connectivity index (χ1) is 35.6. The van der Waals surface area contributed by atoms with Gasteiger partial charge in [0.2, 0.25) is 11.9 Å². The molecule has 6 heterocycles. The number of benzene rings is 6. The van der Waals surface area contributed by atoms with Gasteiger partial charge in [-0.1, -0.05) is 53.8 Å². The van der Waals surface area contributed by atoms with E-state index in [9.17, 15) is 13.2 Å². The summed E-state index contributed by atoms with van der Waals surface area (Å²) in [6.45, 7) is 6.43. The molecule has 3 aliphatic rings. The Morgan fingerprint density at radius 3 is 1.43 bits per heavy atom. The summed E-state index contributed by atoms with van der Waals surface area (Å²) in [5.74, 6) is 1.00. The summed E-state index contributed by atoms with van der Waals surface area (Å²) in [4.78, 5) is 30.2. The number of aromatic nitrogens is 12. The summed E-state index contributed by atoms with van der Waals surface area (Å²) in [7, 11) is 0. The molecule has 0 atom stereocenters. The van der Waals surface area contributed by atoms with Crippen LogP contribution in [-0.2, 0) is 19.3 Å². The fraction of sp³-hybridized carbons (Fsp3) is 0.288. The number of hydrogen-bond acceptors (Lipinski definition) is 6. The van der Waals surface area contributed by atoms with Crippen molar-refractivity contribution in [2.45, 2.75) is 112 Å². The van der Waals surface area contributed by atoms with E-state index in [1.165, 1.54) is 47.7 Å².